The molecule has 1 aliphatic heterocycles. The maximum atomic E-state index is 12.9. The van der Waals surface area contributed by atoms with E-state index in [1.54, 1.807) is 6.92 Å². The molecule has 4 nitrogen and oxygen atoms in total. The van der Waals surface area contributed by atoms with Gasteiger partial charge in [-0.05, 0) is 37.0 Å². The van der Waals surface area contributed by atoms with Crippen LogP contribution in [0.4, 0.5) is 0 Å². The van der Waals surface area contributed by atoms with Gasteiger partial charge in [0.15, 0.2) is 0 Å². The van der Waals surface area contributed by atoms with E-state index in [1.165, 1.54) is 0 Å². The Hall–Kier alpha value is -1.06. The number of ether oxygens (including phenoxy) is 1. The van der Waals surface area contributed by atoms with Crippen LogP contribution >= 0.6 is 0 Å². The molecule has 1 atom stereocenters. The number of carbonyl (C=O) groups is 2. The highest BCUT2D eigenvalue weighted by molar-refractivity contribution is 5.98. The van der Waals surface area contributed by atoms with Gasteiger partial charge in [-0.2, -0.15) is 0 Å². The summed E-state index contributed by atoms with van der Waals surface area (Å²) in [6.45, 7) is 13.8. The molecule has 4 heteroatoms. The van der Waals surface area contributed by atoms with Crippen LogP contribution < -0.4 is 0 Å². The van der Waals surface area contributed by atoms with Crippen LogP contribution in [-0.2, 0) is 14.3 Å². The van der Waals surface area contributed by atoms with Crippen LogP contribution in [0, 0.1) is 16.7 Å². The number of rotatable bonds is 3. The van der Waals surface area contributed by atoms with E-state index >= 15 is 0 Å². The van der Waals surface area contributed by atoms with Gasteiger partial charge in [0.25, 0.3) is 0 Å². The van der Waals surface area contributed by atoms with Crippen LogP contribution in [0.1, 0.15) is 60.8 Å². The third-order valence-corrected chi connectivity index (χ3v) is 4.29. The topological polar surface area (TPSA) is 46.6 Å². The van der Waals surface area contributed by atoms with Crippen molar-refractivity contribution in [2.75, 3.05) is 19.7 Å². The fourth-order valence-corrected chi connectivity index (χ4v) is 2.88. The minimum atomic E-state index is -0.710. The Morgan fingerprint density at radius 3 is 2.33 bits per heavy atom. The third-order valence-electron chi connectivity index (χ3n) is 4.29. The van der Waals surface area contributed by atoms with E-state index in [4.69, 9.17) is 4.74 Å². The second-order valence-corrected chi connectivity index (χ2v) is 7.89. The average Bonchev–Trinajstić information content (AvgIpc) is 2.48. The molecule has 1 rings (SSSR count). The molecular formula is C17H31NO3. The number of hydrogen-bond acceptors (Lipinski definition) is 3. The first-order chi connectivity index (χ1) is 9.58. The van der Waals surface area contributed by atoms with Gasteiger partial charge < -0.3 is 9.64 Å². The van der Waals surface area contributed by atoms with E-state index in [2.05, 4.69) is 13.8 Å². The van der Waals surface area contributed by atoms with Crippen molar-refractivity contribution in [1.82, 2.24) is 4.90 Å². The van der Waals surface area contributed by atoms with Crippen LogP contribution in [0.5, 0.6) is 0 Å². The predicted molar refractivity (Wildman–Crippen MR) is 83.8 cm³/mol. The molecule has 0 saturated carbocycles. The molecule has 1 amide bonds. The SMILES string of the molecule is CCOC(=O)C(C(=O)N1CCCC(C)(C)CC1)C(C)(C)C. The molecule has 0 aromatic rings. The molecule has 1 saturated heterocycles. The van der Waals surface area contributed by atoms with Crippen LogP contribution in [0.25, 0.3) is 0 Å². The number of amides is 1. The Bertz CT molecular complexity index is 382. The summed E-state index contributed by atoms with van der Waals surface area (Å²) in [5, 5.41) is 0. The molecule has 0 N–H and O–H groups in total. The monoisotopic (exact) mass is 297 g/mol. The van der Waals surface area contributed by atoms with Crippen molar-refractivity contribution in [3.8, 4) is 0 Å². The zero-order valence-electron chi connectivity index (χ0n) is 14.5. The minimum absolute atomic E-state index is 0.0707. The Balaban J connectivity index is 2.88. The van der Waals surface area contributed by atoms with Gasteiger partial charge in [-0.3, -0.25) is 9.59 Å². The Morgan fingerprint density at radius 1 is 1.19 bits per heavy atom. The fraction of sp³-hybridized carbons (Fsp3) is 0.882. The molecular weight excluding hydrogens is 266 g/mol. The van der Waals surface area contributed by atoms with Gasteiger partial charge in [-0.1, -0.05) is 34.6 Å². The van der Waals surface area contributed by atoms with Crippen molar-refractivity contribution < 1.29 is 14.3 Å². The van der Waals surface area contributed by atoms with Crippen LogP contribution in [-0.4, -0.2) is 36.5 Å². The van der Waals surface area contributed by atoms with Gasteiger partial charge in [0, 0.05) is 13.1 Å². The van der Waals surface area contributed by atoms with E-state index in [9.17, 15) is 9.59 Å². The molecule has 122 valence electrons. The number of esters is 1. The van der Waals surface area contributed by atoms with E-state index < -0.39 is 17.3 Å². The minimum Gasteiger partial charge on any atom is -0.465 e. The molecule has 1 heterocycles. The highest BCUT2D eigenvalue weighted by Gasteiger charge is 2.41. The first kappa shape index (κ1) is 18.0. The number of nitrogens with zero attached hydrogens (tertiary/aromatic N) is 1. The predicted octanol–water partition coefficient (Wildman–Crippen LogP) is 3.25. The average molecular weight is 297 g/mol. The lowest BCUT2D eigenvalue weighted by molar-refractivity contribution is -0.160. The molecule has 0 spiro atoms. The Labute approximate surface area is 129 Å². The van der Waals surface area contributed by atoms with Gasteiger partial charge in [-0.25, -0.2) is 0 Å². The quantitative estimate of drug-likeness (QED) is 0.593. The molecule has 0 aliphatic carbocycles. The van der Waals surface area contributed by atoms with Crippen molar-refractivity contribution in [2.24, 2.45) is 16.7 Å². The summed E-state index contributed by atoms with van der Waals surface area (Å²) in [5.41, 5.74) is -0.151. The van der Waals surface area contributed by atoms with Gasteiger partial charge in [0.2, 0.25) is 5.91 Å². The summed E-state index contributed by atoms with van der Waals surface area (Å²) in [6.07, 6.45) is 3.10. The van der Waals surface area contributed by atoms with Crippen molar-refractivity contribution in [2.45, 2.75) is 60.8 Å². The largest absolute Gasteiger partial charge is 0.465 e. The molecule has 0 aromatic carbocycles. The highest BCUT2D eigenvalue weighted by Crippen LogP contribution is 2.33. The summed E-state index contributed by atoms with van der Waals surface area (Å²) in [7, 11) is 0. The van der Waals surface area contributed by atoms with Crippen LogP contribution in [0.2, 0.25) is 0 Å². The maximum Gasteiger partial charge on any atom is 0.319 e. The van der Waals surface area contributed by atoms with Crippen LogP contribution in [0.15, 0.2) is 0 Å². The number of hydrogen-bond donors (Lipinski definition) is 0. The summed E-state index contributed by atoms with van der Waals surface area (Å²) < 4.78 is 5.13. The lowest BCUT2D eigenvalue weighted by Crippen LogP contribution is -2.46. The van der Waals surface area contributed by atoms with E-state index in [-0.39, 0.29) is 11.3 Å². The standard InChI is InChI=1S/C17H31NO3/c1-7-21-15(20)13(16(2,3)4)14(19)18-11-8-9-17(5,6)10-12-18/h13H,7-12H2,1-6H3. The number of carbonyl (C=O) groups excluding carboxylic acids is 2. The molecule has 1 unspecified atom stereocenters. The lowest BCUT2D eigenvalue weighted by Gasteiger charge is -2.32. The molecule has 1 fully saturated rings. The summed E-state index contributed by atoms with van der Waals surface area (Å²) in [5.74, 6) is -1.17. The van der Waals surface area contributed by atoms with E-state index in [1.807, 2.05) is 25.7 Å². The second-order valence-electron chi connectivity index (χ2n) is 7.89. The van der Waals surface area contributed by atoms with Gasteiger partial charge >= 0.3 is 5.97 Å². The van der Waals surface area contributed by atoms with Crippen molar-refractivity contribution in [3.05, 3.63) is 0 Å². The van der Waals surface area contributed by atoms with E-state index in [0.717, 1.165) is 32.4 Å². The second kappa shape index (κ2) is 6.80. The zero-order chi connectivity index (χ0) is 16.3. The van der Waals surface area contributed by atoms with E-state index in [0.29, 0.717) is 6.61 Å². The van der Waals surface area contributed by atoms with Gasteiger partial charge in [0.05, 0.1) is 6.61 Å². The highest BCUT2D eigenvalue weighted by atomic mass is 16.5. The van der Waals surface area contributed by atoms with Gasteiger partial charge in [0.1, 0.15) is 5.92 Å². The van der Waals surface area contributed by atoms with Crippen molar-refractivity contribution >= 4 is 11.9 Å². The molecule has 21 heavy (non-hydrogen) atoms. The molecule has 0 aromatic heterocycles. The Morgan fingerprint density at radius 2 is 1.81 bits per heavy atom. The summed E-state index contributed by atoms with van der Waals surface area (Å²) in [4.78, 5) is 26.9. The van der Waals surface area contributed by atoms with Crippen LogP contribution in [0.3, 0.4) is 0 Å². The first-order valence-electron chi connectivity index (χ1n) is 8.04. The first-order valence-corrected chi connectivity index (χ1v) is 8.04. The van der Waals surface area contributed by atoms with Gasteiger partial charge in [-0.15, -0.1) is 0 Å². The maximum absolute atomic E-state index is 12.9. The third kappa shape index (κ3) is 5.01. The molecule has 0 bridgehead atoms. The van der Waals surface area contributed by atoms with Crippen molar-refractivity contribution in [1.29, 1.82) is 0 Å². The Kier molecular flexibility index (Phi) is 5.83. The lowest BCUT2D eigenvalue weighted by atomic mass is 9.79. The summed E-state index contributed by atoms with van der Waals surface area (Å²) in [6, 6.07) is 0. The van der Waals surface area contributed by atoms with Crippen molar-refractivity contribution in [3.63, 3.8) is 0 Å². The molecule has 0 radical (unpaired) electrons. The zero-order valence-corrected chi connectivity index (χ0v) is 14.5. The smallest absolute Gasteiger partial charge is 0.319 e. The molecule has 1 aliphatic rings. The fourth-order valence-electron chi connectivity index (χ4n) is 2.88. The number of likely N-dealkylation sites (tertiary alicyclic amines) is 1. The normalized spacial score (nSPS) is 20.6. The summed E-state index contributed by atoms with van der Waals surface area (Å²) >= 11 is 0.